The Balaban J connectivity index is 2.15. The molecule has 164 valence electrons. The number of H-pyrrole nitrogens is 1. The topological polar surface area (TPSA) is 158 Å². The van der Waals surface area contributed by atoms with E-state index in [1.54, 1.807) is 6.20 Å². The van der Waals surface area contributed by atoms with Crippen LogP contribution < -0.4 is 16.4 Å². The summed E-state index contributed by atoms with van der Waals surface area (Å²) in [4.78, 5) is 39.9. The molecule has 0 spiro atoms. The van der Waals surface area contributed by atoms with Crippen LogP contribution in [0.1, 0.15) is 32.8 Å². The summed E-state index contributed by atoms with van der Waals surface area (Å²) in [5.74, 6) is -2.40. The number of nitrogens with two attached hydrogens (primary N) is 1. The zero-order valence-electron chi connectivity index (χ0n) is 17.4. The summed E-state index contributed by atoms with van der Waals surface area (Å²) in [7, 11) is 0. The van der Waals surface area contributed by atoms with E-state index in [2.05, 4.69) is 15.6 Å². The van der Waals surface area contributed by atoms with Crippen molar-refractivity contribution in [2.24, 2.45) is 11.7 Å². The third-order valence-electron chi connectivity index (χ3n) is 4.88. The Bertz CT molecular complexity index is 892. The molecule has 2 amide bonds. The van der Waals surface area contributed by atoms with E-state index in [1.807, 2.05) is 38.1 Å². The highest BCUT2D eigenvalue weighted by Crippen LogP contribution is 2.19. The first-order valence-corrected chi connectivity index (χ1v) is 9.92. The van der Waals surface area contributed by atoms with Gasteiger partial charge in [0.1, 0.15) is 18.1 Å². The van der Waals surface area contributed by atoms with Crippen LogP contribution in [-0.2, 0) is 20.8 Å². The lowest BCUT2D eigenvalue weighted by Gasteiger charge is -2.24. The number of carboxylic acid groups (broad SMARTS) is 1. The highest BCUT2D eigenvalue weighted by Gasteiger charge is 2.30. The summed E-state index contributed by atoms with van der Waals surface area (Å²) in [6.45, 7) is 5.13. The number of carbonyl (C=O) groups excluding carboxylic acids is 2. The molecule has 0 saturated carbocycles. The first-order valence-electron chi connectivity index (χ1n) is 9.92. The lowest BCUT2D eigenvalue weighted by atomic mass is 10.0. The van der Waals surface area contributed by atoms with Crippen LogP contribution in [0.25, 0.3) is 10.9 Å². The van der Waals surface area contributed by atoms with E-state index in [4.69, 9.17) is 5.73 Å². The Kier molecular flexibility index (Phi) is 7.96. The zero-order valence-corrected chi connectivity index (χ0v) is 17.4. The number of carboxylic acids is 1. The van der Waals surface area contributed by atoms with Crippen molar-refractivity contribution in [1.29, 1.82) is 0 Å². The van der Waals surface area contributed by atoms with Crippen LogP contribution in [0.3, 0.4) is 0 Å². The smallest absolute Gasteiger partial charge is 0.326 e. The SMILES string of the molecule is CC(C)CC(NC(=O)C(N)C(C)O)C(=O)NC(Cc1c[nH]c2ccccc12)C(=O)O. The number of aliphatic hydroxyl groups is 1. The molecule has 9 heteroatoms. The molecule has 0 aliphatic heterocycles. The van der Waals surface area contributed by atoms with Gasteiger partial charge in [-0.05, 0) is 30.9 Å². The number of para-hydroxylation sites is 1. The summed E-state index contributed by atoms with van der Waals surface area (Å²) >= 11 is 0. The summed E-state index contributed by atoms with van der Waals surface area (Å²) in [6.07, 6.45) is 1.02. The van der Waals surface area contributed by atoms with Gasteiger partial charge in [-0.3, -0.25) is 9.59 Å². The minimum atomic E-state index is -1.19. The van der Waals surface area contributed by atoms with Gasteiger partial charge in [-0.1, -0.05) is 32.0 Å². The summed E-state index contributed by atoms with van der Waals surface area (Å²) in [6, 6.07) is 4.16. The predicted molar refractivity (Wildman–Crippen MR) is 113 cm³/mol. The lowest BCUT2D eigenvalue weighted by molar-refractivity contribution is -0.142. The average Bonchev–Trinajstić information content (AvgIpc) is 3.08. The van der Waals surface area contributed by atoms with Crippen LogP contribution in [0.4, 0.5) is 0 Å². The molecule has 1 heterocycles. The van der Waals surface area contributed by atoms with Gasteiger partial charge in [-0.25, -0.2) is 4.79 Å². The molecular weight excluding hydrogens is 388 g/mol. The Labute approximate surface area is 175 Å². The van der Waals surface area contributed by atoms with Crippen molar-refractivity contribution < 1.29 is 24.6 Å². The molecule has 4 unspecified atom stereocenters. The molecule has 9 nitrogen and oxygen atoms in total. The molecular formula is C21H30N4O5. The fraction of sp³-hybridized carbons (Fsp3) is 0.476. The minimum absolute atomic E-state index is 0.0562. The van der Waals surface area contributed by atoms with Crippen LogP contribution in [0, 0.1) is 5.92 Å². The fourth-order valence-electron chi connectivity index (χ4n) is 3.18. The zero-order chi connectivity index (χ0) is 22.4. The maximum absolute atomic E-state index is 12.8. The standard InChI is InChI=1S/C21H30N4O5/c1-11(2)8-16(24-20(28)18(22)12(3)26)19(27)25-17(21(29)30)9-13-10-23-15-7-5-4-6-14(13)15/h4-7,10-12,16-18,23,26H,8-9,22H2,1-3H3,(H,24,28)(H,25,27)(H,29,30). The number of aliphatic hydroxyl groups excluding tert-OH is 1. The molecule has 0 bridgehead atoms. The maximum Gasteiger partial charge on any atom is 0.326 e. The molecule has 0 aliphatic rings. The van der Waals surface area contributed by atoms with Crippen LogP contribution in [0.5, 0.6) is 0 Å². The van der Waals surface area contributed by atoms with E-state index < -0.39 is 42.0 Å². The first-order chi connectivity index (χ1) is 14.1. The van der Waals surface area contributed by atoms with Gasteiger partial charge in [0.2, 0.25) is 11.8 Å². The Morgan fingerprint density at radius 3 is 2.30 bits per heavy atom. The van der Waals surface area contributed by atoms with Crippen LogP contribution >= 0.6 is 0 Å². The van der Waals surface area contributed by atoms with Crippen LogP contribution in [0.15, 0.2) is 30.5 Å². The molecule has 0 fully saturated rings. The molecule has 2 rings (SSSR count). The molecule has 0 radical (unpaired) electrons. The Hall–Kier alpha value is -2.91. The van der Waals surface area contributed by atoms with Crippen LogP contribution in [0.2, 0.25) is 0 Å². The van der Waals surface area contributed by atoms with Gasteiger partial charge in [0.25, 0.3) is 0 Å². The molecule has 1 aromatic heterocycles. The molecule has 0 saturated heterocycles. The number of benzene rings is 1. The number of fused-ring (bicyclic) bond motifs is 1. The molecule has 1 aromatic carbocycles. The number of aromatic amines is 1. The predicted octanol–water partition coefficient (Wildman–Crippen LogP) is 0.519. The van der Waals surface area contributed by atoms with E-state index in [0.717, 1.165) is 16.5 Å². The van der Waals surface area contributed by atoms with Gasteiger partial charge in [-0.15, -0.1) is 0 Å². The second-order valence-corrected chi connectivity index (χ2v) is 7.92. The molecule has 0 aliphatic carbocycles. The van der Waals surface area contributed by atoms with Crippen molar-refractivity contribution in [2.45, 2.75) is 57.8 Å². The third kappa shape index (κ3) is 6.04. The van der Waals surface area contributed by atoms with E-state index in [9.17, 15) is 24.6 Å². The van der Waals surface area contributed by atoms with Gasteiger partial charge in [0, 0.05) is 23.5 Å². The molecule has 2 aromatic rings. The van der Waals surface area contributed by atoms with Crippen molar-refractivity contribution in [3.8, 4) is 0 Å². The summed E-state index contributed by atoms with van der Waals surface area (Å²) < 4.78 is 0. The first kappa shape index (κ1) is 23.4. The summed E-state index contributed by atoms with van der Waals surface area (Å²) in [5.41, 5.74) is 7.28. The van der Waals surface area contributed by atoms with Crippen molar-refractivity contribution in [3.05, 3.63) is 36.0 Å². The quantitative estimate of drug-likeness (QED) is 0.330. The average molecular weight is 418 g/mol. The van der Waals surface area contributed by atoms with E-state index >= 15 is 0 Å². The van der Waals surface area contributed by atoms with Gasteiger partial charge in [-0.2, -0.15) is 0 Å². The number of aromatic nitrogens is 1. The number of nitrogens with one attached hydrogen (secondary N) is 3. The lowest BCUT2D eigenvalue weighted by Crippen LogP contribution is -2.56. The van der Waals surface area contributed by atoms with E-state index in [0.29, 0.717) is 6.42 Å². The maximum atomic E-state index is 12.8. The molecule has 7 N–H and O–H groups in total. The van der Waals surface area contributed by atoms with E-state index in [-0.39, 0.29) is 12.3 Å². The van der Waals surface area contributed by atoms with Crippen LogP contribution in [-0.4, -0.2) is 57.2 Å². The largest absolute Gasteiger partial charge is 0.480 e. The number of rotatable bonds is 10. The van der Waals surface area contributed by atoms with Gasteiger partial charge in [0.15, 0.2) is 0 Å². The fourth-order valence-corrected chi connectivity index (χ4v) is 3.18. The van der Waals surface area contributed by atoms with Crippen molar-refractivity contribution in [1.82, 2.24) is 15.6 Å². The number of aliphatic carboxylic acids is 1. The van der Waals surface area contributed by atoms with Crippen molar-refractivity contribution >= 4 is 28.7 Å². The number of amides is 2. The minimum Gasteiger partial charge on any atom is -0.480 e. The van der Waals surface area contributed by atoms with Gasteiger partial charge >= 0.3 is 5.97 Å². The third-order valence-corrected chi connectivity index (χ3v) is 4.88. The highest BCUT2D eigenvalue weighted by atomic mass is 16.4. The van der Waals surface area contributed by atoms with Crippen molar-refractivity contribution in [2.75, 3.05) is 0 Å². The highest BCUT2D eigenvalue weighted by molar-refractivity contribution is 5.92. The Morgan fingerprint density at radius 1 is 1.07 bits per heavy atom. The second kappa shape index (κ2) is 10.2. The summed E-state index contributed by atoms with van der Waals surface area (Å²) in [5, 5.41) is 25.1. The molecule has 30 heavy (non-hydrogen) atoms. The van der Waals surface area contributed by atoms with Gasteiger partial charge in [0.05, 0.1) is 6.10 Å². The number of hydrogen-bond donors (Lipinski definition) is 6. The number of hydrogen-bond acceptors (Lipinski definition) is 5. The van der Waals surface area contributed by atoms with Crippen molar-refractivity contribution in [3.63, 3.8) is 0 Å². The monoisotopic (exact) mass is 418 g/mol. The van der Waals surface area contributed by atoms with E-state index in [1.165, 1.54) is 6.92 Å². The number of carbonyl (C=O) groups is 3. The Morgan fingerprint density at radius 2 is 1.70 bits per heavy atom. The normalized spacial score (nSPS) is 15.4. The van der Waals surface area contributed by atoms with Gasteiger partial charge < -0.3 is 31.6 Å². The molecule has 4 atom stereocenters. The second-order valence-electron chi connectivity index (χ2n) is 7.92.